The Morgan fingerprint density at radius 1 is 1.07 bits per heavy atom. The molecule has 0 aliphatic rings. The van der Waals surface area contributed by atoms with Crippen LogP contribution in [0.2, 0.25) is 0 Å². The topological polar surface area (TPSA) is 3.88 Å². The molecule has 0 fully saturated rings. The molecule has 0 N–H and O–H groups in total. The lowest BCUT2D eigenvalue weighted by Crippen LogP contribution is -2.31. The number of aromatic nitrogens is 1. The molecule has 1 aromatic heterocycles. The Labute approximate surface area is 180 Å². The minimum Gasteiger partial charge on any atom is -0.223 e. The maximum absolute atomic E-state index is 4.04. The lowest BCUT2D eigenvalue weighted by molar-refractivity contribution is -0.660. The van der Waals surface area contributed by atoms with Gasteiger partial charge in [0.15, 0.2) is 6.20 Å². The van der Waals surface area contributed by atoms with Crippen LogP contribution in [0.3, 0.4) is 0 Å². The molecule has 1 heterocycles. The fourth-order valence-electron chi connectivity index (χ4n) is 3.39. The largest absolute Gasteiger partial charge is 0.223 e. The highest BCUT2D eigenvalue weighted by Gasteiger charge is 2.23. The van der Waals surface area contributed by atoms with Crippen LogP contribution in [0.1, 0.15) is 44.7 Å². The first-order chi connectivity index (χ1) is 13.6. The number of aryl methyl sites for hydroxylation is 1. The number of pyridine rings is 1. The highest BCUT2D eigenvalue weighted by Crippen LogP contribution is 2.46. The summed E-state index contributed by atoms with van der Waals surface area (Å²) in [6, 6.07) is 11.6. The molecular formula is C27H38NS+. The summed E-state index contributed by atoms with van der Waals surface area (Å²) in [5.74, 6) is 1.06. The Hall–Kier alpha value is -2.06. The van der Waals surface area contributed by atoms with E-state index in [1.54, 1.807) is 0 Å². The number of hydrogen-bond donors (Lipinski definition) is 0. The first kappa shape index (κ1) is 23.2. The molecule has 0 radical (unpaired) electrons. The lowest BCUT2D eigenvalue weighted by Gasteiger charge is -2.26. The molecule has 1 nitrogen and oxygen atoms in total. The standard InChI is InChI=1S/C27H38NS/c1-10-12-13-22(11-2)23-14-15-25(21(5)20(3)4)26(18-23)27-19-24(29(7,8)9)16-17-28(27)6/h10-21H,2H2,1,3-9H3/q+1/b12-10-,22-13+. The number of rotatable bonds is 7. The molecule has 2 aromatic rings. The molecule has 0 bridgehead atoms. The lowest BCUT2D eigenvalue weighted by atomic mass is 9.84. The van der Waals surface area contributed by atoms with Crippen molar-refractivity contribution in [3.8, 4) is 11.3 Å². The number of allylic oxidation sites excluding steroid dienone is 5. The van der Waals surface area contributed by atoms with Crippen LogP contribution in [0.25, 0.3) is 16.8 Å². The van der Waals surface area contributed by atoms with Gasteiger partial charge in [-0.25, -0.2) is 14.6 Å². The molecule has 156 valence electrons. The highest BCUT2D eigenvalue weighted by atomic mass is 32.3. The van der Waals surface area contributed by atoms with Gasteiger partial charge in [0, 0.05) is 17.0 Å². The summed E-state index contributed by atoms with van der Waals surface area (Å²) >= 11 is 0. The van der Waals surface area contributed by atoms with Crippen molar-refractivity contribution in [1.82, 2.24) is 0 Å². The molecule has 1 aromatic carbocycles. The first-order valence-electron chi connectivity index (χ1n) is 10.4. The molecule has 0 spiro atoms. The van der Waals surface area contributed by atoms with E-state index in [1.807, 2.05) is 13.0 Å². The van der Waals surface area contributed by atoms with Crippen LogP contribution in [-0.4, -0.2) is 18.8 Å². The summed E-state index contributed by atoms with van der Waals surface area (Å²) < 4.78 is 2.26. The van der Waals surface area contributed by atoms with Crippen molar-refractivity contribution in [1.29, 1.82) is 0 Å². The van der Waals surface area contributed by atoms with E-state index in [0.717, 1.165) is 5.57 Å². The second-order valence-electron chi connectivity index (χ2n) is 8.88. The average Bonchev–Trinajstić information content (AvgIpc) is 2.67. The van der Waals surface area contributed by atoms with E-state index in [9.17, 15) is 0 Å². The van der Waals surface area contributed by atoms with Crippen molar-refractivity contribution in [3.05, 3.63) is 78.5 Å². The van der Waals surface area contributed by atoms with E-state index in [0.29, 0.717) is 11.8 Å². The van der Waals surface area contributed by atoms with Gasteiger partial charge in [0.1, 0.15) is 7.05 Å². The fourth-order valence-corrected chi connectivity index (χ4v) is 4.33. The molecule has 2 heteroatoms. The van der Waals surface area contributed by atoms with E-state index in [1.165, 1.54) is 27.3 Å². The minimum atomic E-state index is -0.793. The van der Waals surface area contributed by atoms with Gasteiger partial charge in [-0.15, -0.1) is 0 Å². The summed E-state index contributed by atoms with van der Waals surface area (Å²) in [5, 5.41) is 0. The van der Waals surface area contributed by atoms with Crippen LogP contribution in [0.4, 0.5) is 0 Å². The van der Waals surface area contributed by atoms with Crippen molar-refractivity contribution < 1.29 is 4.57 Å². The van der Waals surface area contributed by atoms with Gasteiger partial charge < -0.3 is 0 Å². The highest BCUT2D eigenvalue weighted by molar-refractivity contribution is 8.32. The monoisotopic (exact) mass is 408 g/mol. The smallest absolute Gasteiger partial charge is 0.213 e. The molecule has 0 aliphatic heterocycles. The zero-order valence-corrected chi connectivity index (χ0v) is 20.3. The Balaban J connectivity index is 2.79. The van der Waals surface area contributed by atoms with Crippen molar-refractivity contribution in [3.63, 3.8) is 0 Å². The second-order valence-corrected chi connectivity index (χ2v) is 13.0. The molecular weight excluding hydrogens is 370 g/mol. The van der Waals surface area contributed by atoms with Gasteiger partial charge in [-0.2, -0.15) is 0 Å². The van der Waals surface area contributed by atoms with Gasteiger partial charge in [-0.05, 0) is 60.3 Å². The maximum atomic E-state index is 4.04. The summed E-state index contributed by atoms with van der Waals surface area (Å²) in [5.41, 5.74) is 6.37. The zero-order valence-electron chi connectivity index (χ0n) is 19.5. The third-order valence-electron chi connectivity index (χ3n) is 5.67. The van der Waals surface area contributed by atoms with Crippen molar-refractivity contribution >= 4 is 15.6 Å². The number of nitrogens with zero attached hydrogens (tertiary/aromatic N) is 1. The molecule has 0 saturated heterocycles. The van der Waals surface area contributed by atoms with Crippen LogP contribution in [-0.2, 0) is 7.05 Å². The molecule has 2 rings (SSSR count). The summed E-state index contributed by atoms with van der Waals surface area (Å²) in [7, 11) is 1.36. The average molecular weight is 409 g/mol. The normalized spacial score (nSPS) is 14.4. The molecule has 0 saturated carbocycles. The van der Waals surface area contributed by atoms with Crippen molar-refractivity contribution in [2.45, 2.75) is 38.5 Å². The van der Waals surface area contributed by atoms with E-state index >= 15 is 0 Å². The van der Waals surface area contributed by atoms with Crippen LogP contribution >= 0.6 is 10.0 Å². The van der Waals surface area contributed by atoms with E-state index in [4.69, 9.17) is 0 Å². The van der Waals surface area contributed by atoms with Crippen LogP contribution in [0, 0.1) is 5.92 Å². The first-order valence-corrected chi connectivity index (χ1v) is 13.2. The summed E-state index contributed by atoms with van der Waals surface area (Å²) in [6.45, 7) is 13.0. The molecule has 29 heavy (non-hydrogen) atoms. The molecule has 1 unspecified atom stereocenters. The Kier molecular flexibility index (Phi) is 7.71. The quantitative estimate of drug-likeness (QED) is 0.339. The number of hydrogen-bond acceptors (Lipinski definition) is 0. The van der Waals surface area contributed by atoms with Gasteiger partial charge in [-0.1, -0.05) is 63.8 Å². The summed E-state index contributed by atoms with van der Waals surface area (Å²) in [4.78, 5) is 1.44. The molecule has 1 atom stereocenters. The van der Waals surface area contributed by atoms with Gasteiger partial charge in [0.25, 0.3) is 0 Å². The predicted molar refractivity (Wildman–Crippen MR) is 133 cm³/mol. The van der Waals surface area contributed by atoms with E-state index < -0.39 is 10.0 Å². The predicted octanol–water partition coefficient (Wildman–Crippen LogP) is 7.14. The van der Waals surface area contributed by atoms with Gasteiger partial charge in [0.2, 0.25) is 5.69 Å². The van der Waals surface area contributed by atoms with Gasteiger partial charge >= 0.3 is 0 Å². The van der Waals surface area contributed by atoms with Crippen molar-refractivity contribution in [2.75, 3.05) is 18.8 Å². The van der Waals surface area contributed by atoms with Crippen LogP contribution in [0.5, 0.6) is 0 Å². The fraction of sp³-hybridized carbons (Fsp3) is 0.370. The van der Waals surface area contributed by atoms with Gasteiger partial charge in [0.05, 0.1) is 5.56 Å². The Morgan fingerprint density at radius 2 is 1.76 bits per heavy atom. The Bertz CT molecular complexity index is 926. The maximum Gasteiger partial charge on any atom is 0.213 e. The molecule has 0 amide bonds. The van der Waals surface area contributed by atoms with E-state index in [-0.39, 0.29) is 0 Å². The second kappa shape index (κ2) is 9.63. The SMILES string of the molecule is C=C/C(=C\C=C/C)c1ccc(C(C)C(C)C)c(-c2cc(S(C)(C)C)cc[n+]2C)c1. The third-order valence-corrected chi connectivity index (χ3v) is 7.34. The van der Waals surface area contributed by atoms with Crippen molar-refractivity contribution in [2.24, 2.45) is 13.0 Å². The molecule has 0 aliphatic carbocycles. The number of benzene rings is 1. The summed E-state index contributed by atoms with van der Waals surface area (Å²) in [6.07, 6.45) is 17.5. The minimum absolute atomic E-state index is 0.483. The Morgan fingerprint density at radius 3 is 2.31 bits per heavy atom. The van der Waals surface area contributed by atoms with Gasteiger partial charge in [-0.3, -0.25) is 0 Å². The third kappa shape index (κ3) is 5.51. The zero-order chi connectivity index (χ0) is 21.8. The van der Waals surface area contributed by atoms with Crippen LogP contribution in [0.15, 0.2) is 72.3 Å². The van der Waals surface area contributed by atoms with Crippen LogP contribution < -0.4 is 4.57 Å². The van der Waals surface area contributed by atoms with E-state index in [2.05, 4.69) is 112 Å².